The number of carbonyl (C=O) groups is 2. The molecule has 9 heteroatoms. The first-order chi connectivity index (χ1) is 14.5. The largest absolute Gasteiger partial charge is 0.493 e. The molecule has 6 nitrogen and oxygen atoms in total. The lowest BCUT2D eigenvalue weighted by atomic mass is 9.77. The molecule has 1 atom stereocenters. The Morgan fingerprint density at radius 3 is 2.35 bits per heavy atom. The minimum absolute atomic E-state index is 0.120. The minimum atomic E-state index is -5.08. The highest BCUT2D eigenvalue weighted by Crippen LogP contribution is 2.39. The summed E-state index contributed by atoms with van der Waals surface area (Å²) >= 11 is 0. The maximum absolute atomic E-state index is 13.1. The predicted molar refractivity (Wildman–Crippen MR) is 110 cm³/mol. The molecule has 1 spiro atoms. The number of ether oxygens (including phenoxy) is 1. The number of hydrogen-bond acceptors (Lipinski definition) is 4. The van der Waals surface area contributed by atoms with Gasteiger partial charge in [-0.15, -0.1) is 0 Å². The average molecular weight is 444 g/mol. The Kier molecular flexibility index (Phi) is 8.34. The van der Waals surface area contributed by atoms with E-state index in [0.29, 0.717) is 23.8 Å². The zero-order valence-corrected chi connectivity index (χ0v) is 18.2. The zero-order valence-electron chi connectivity index (χ0n) is 18.2. The smallest absolute Gasteiger partial charge is 0.490 e. The van der Waals surface area contributed by atoms with Gasteiger partial charge in [0.15, 0.2) is 0 Å². The number of rotatable bonds is 5. The Hall–Kier alpha value is -2.29. The molecule has 0 saturated carbocycles. The Morgan fingerprint density at radius 2 is 1.84 bits per heavy atom. The fourth-order valence-electron chi connectivity index (χ4n) is 4.15. The Bertz CT molecular complexity index is 769. The maximum atomic E-state index is 13.1. The molecule has 0 bridgehead atoms. The van der Waals surface area contributed by atoms with Crippen molar-refractivity contribution in [2.45, 2.75) is 51.7 Å². The van der Waals surface area contributed by atoms with Gasteiger partial charge < -0.3 is 14.7 Å². The van der Waals surface area contributed by atoms with Crippen LogP contribution in [0, 0.1) is 5.92 Å². The number of aliphatic carboxylic acids is 1. The van der Waals surface area contributed by atoms with E-state index in [1.54, 1.807) is 0 Å². The second-order valence-corrected chi connectivity index (χ2v) is 8.38. The van der Waals surface area contributed by atoms with Gasteiger partial charge >= 0.3 is 12.1 Å². The van der Waals surface area contributed by atoms with Crippen molar-refractivity contribution in [1.29, 1.82) is 0 Å². The molecule has 174 valence electrons. The highest BCUT2D eigenvalue weighted by Gasteiger charge is 2.48. The molecule has 0 aromatic heterocycles. The minimum Gasteiger partial charge on any atom is -0.493 e. The number of halogens is 3. The SMILES string of the molecule is CCOc1ccccc1C(=O)N1CCCC2(CCN2CC(C)C)C1.O=C(O)C(F)(F)F. The van der Waals surface area contributed by atoms with Crippen LogP contribution in [0.3, 0.4) is 0 Å². The number of benzene rings is 1. The van der Waals surface area contributed by atoms with E-state index in [2.05, 4.69) is 18.7 Å². The number of hydrogen-bond donors (Lipinski definition) is 1. The van der Waals surface area contributed by atoms with Gasteiger partial charge in [0.1, 0.15) is 5.75 Å². The number of nitrogens with zero attached hydrogens (tertiary/aromatic N) is 2. The molecule has 2 saturated heterocycles. The van der Waals surface area contributed by atoms with E-state index in [1.165, 1.54) is 19.4 Å². The molecular formula is C22H31F3N2O4. The van der Waals surface area contributed by atoms with Crippen molar-refractivity contribution < 1.29 is 32.6 Å². The zero-order chi connectivity index (χ0) is 23.2. The summed E-state index contributed by atoms with van der Waals surface area (Å²) in [5.74, 6) is -1.26. The number of carboxylic acids is 1. The fraction of sp³-hybridized carbons (Fsp3) is 0.636. The predicted octanol–water partition coefficient (Wildman–Crippen LogP) is 4.06. The first-order valence-electron chi connectivity index (χ1n) is 10.6. The van der Waals surface area contributed by atoms with Gasteiger partial charge in [0.2, 0.25) is 0 Å². The number of piperidine rings is 1. The van der Waals surface area contributed by atoms with E-state index in [4.69, 9.17) is 14.6 Å². The first-order valence-corrected chi connectivity index (χ1v) is 10.6. The standard InChI is InChI=1S/C20H30N2O2.C2HF3O2/c1-4-24-18-9-6-5-8-17(18)19(23)21-12-7-10-20(15-21)11-13-22(20)14-16(2)3;3-2(4,5)1(6)7/h5-6,8-9,16H,4,7,10-15H2,1-3H3;(H,6,7). The lowest BCUT2D eigenvalue weighted by Crippen LogP contribution is -2.67. The van der Waals surface area contributed by atoms with Crippen molar-refractivity contribution >= 4 is 11.9 Å². The highest BCUT2D eigenvalue weighted by atomic mass is 19.4. The van der Waals surface area contributed by atoms with Crippen LogP contribution in [0.4, 0.5) is 13.2 Å². The van der Waals surface area contributed by atoms with Gasteiger partial charge in [-0.1, -0.05) is 26.0 Å². The van der Waals surface area contributed by atoms with E-state index in [9.17, 15) is 18.0 Å². The van der Waals surface area contributed by atoms with Crippen LogP contribution in [0.5, 0.6) is 5.75 Å². The average Bonchev–Trinajstić information content (AvgIpc) is 2.71. The molecular weight excluding hydrogens is 413 g/mol. The van der Waals surface area contributed by atoms with Crippen molar-refractivity contribution in [3.05, 3.63) is 29.8 Å². The third-order valence-electron chi connectivity index (χ3n) is 5.61. The molecule has 1 amide bonds. The number of carboxylic acid groups (broad SMARTS) is 1. The van der Waals surface area contributed by atoms with Crippen molar-refractivity contribution in [2.75, 3.05) is 32.8 Å². The summed E-state index contributed by atoms with van der Waals surface area (Å²) in [5, 5.41) is 7.12. The number of alkyl halides is 3. The highest BCUT2D eigenvalue weighted by molar-refractivity contribution is 5.97. The monoisotopic (exact) mass is 444 g/mol. The Labute approximate surface area is 181 Å². The molecule has 2 fully saturated rings. The van der Waals surface area contributed by atoms with Gasteiger partial charge in [-0.3, -0.25) is 9.69 Å². The summed E-state index contributed by atoms with van der Waals surface area (Å²) in [6.07, 6.45) is -1.55. The summed E-state index contributed by atoms with van der Waals surface area (Å²) in [7, 11) is 0. The molecule has 0 radical (unpaired) electrons. The Morgan fingerprint density at radius 1 is 1.19 bits per heavy atom. The third-order valence-corrected chi connectivity index (χ3v) is 5.61. The molecule has 1 aromatic rings. The molecule has 3 rings (SSSR count). The maximum Gasteiger partial charge on any atom is 0.490 e. The molecule has 2 heterocycles. The third kappa shape index (κ3) is 6.35. The van der Waals surface area contributed by atoms with E-state index < -0.39 is 12.1 Å². The van der Waals surface area contributed by atoms with Crippen LogP contribution in [0.2, 0.25) is 0 Å². The number of amides is 1. The quantitative estimate of drug-likeness (QED) is 0.742. The van der Waals surface area contributed by atoms with Crippen molar-refractivity contribution in [2.24, 2.45) is 5.92 Å². The molecule has 2 aliphatic heterocycles. The van der Waals surface area contributed by atoms with Gasteiger partial charge in [0.05, 0.1) is 12.2 Å². The molecule has 1 unspecified atom stereocenters. The van der Waals surface area contributed by atoms with Crippen molar-refractivity contribution in [1.82, 2.24) is 9.80 Å². The molecule has 2 aliphatic rings. The van der Waals surface area contributed by atoms with Crippen LogP contribution < -0.4 is 4.74 Å². The van der Waals surface area contributed by atoms with Crippen LogP contribution in [0.25, 0.3) is 0 Å². The lowest BCUT2D eigenvalue weighted by molar-refractivity contribution is -0.192. The second kappa shape index (κ2) is 10.3. The lowest BCUT2D eigenvalue weighted by Gasteiger charge is -2.57. The van der Waals surface area contributed by atoms with Gasteiger partial charge in [-0.2, -0.15) is 13.2 Å². The van der Waals surface area contributed by atoms with E-state index in [-0.39, 0.29) is 11.4 Å². The van der Waals surface area contributed by atoms with Crippen LogP contribution in [-0.4, -0.2) is 71.3 Å². The van der Waals surface area contributed by atoms with E-state index in [0.717, 1.165) is 26.1 Å². The Balaban J connectivity index is 0.000000423. The second-order valence-electron chi connectivity index (χ2n) is 8.38. The number of likely N-dealkylation sites (tertiary alicyclic amines) is 2. The van der Waals surface area contributed by atoms with Gasteiger partial charge in [0, 0.05) is 31.7 Å². The summed E-state index contributed by atoms with van der Waals surface area (Å²) in [4.78, 5) is 26.6. The molecule has 1 aromatic carbocycles. The van der Waals surface area contributed by atoms with E-state index in [1.807, 2.05) is 36.1 Å². The summed E-state index contributed by atoms with van der Waals surface area (Å²) in [6.45, 7) is 11.1. The van der Waals surface area contributed by atoms with Gasteiger partial charge in [0.25, 0.3) is 5.91 Å². The first kappa shape index (κ1) is 25.0. The summed E-state index contributed by atoms with van der Waals surface area (Å²) in [5.41, 5.74) is 0.921. The van der Waals surface area contributed by atoms with Gasteiger partial charge in [-0.25, -0.2) is 4.79 Å². The summed E-state index contributed by atoms with van der Waals surface area (Å²) in [6, 6.07) is 7.63. The number of para-hydroxylation sites is 1. The molecule has 1 N–H and O–H groups in total. The topological polar surface area (TPSA) is 70.1 Å². The van der Waals surface area contributed by atoms with Crippen molar-refractivity contribution in [3.8, 4) is 5.75 Å². The van der Waals surface area contributed by atoms with E-state index >= 15 is 0 Å². The molecule has 0 aliphatic carbocycles. The van der Waals surface area contributed by atoms with Crippen molar-refractivity contribution in [3.63, 3.8) is 0 Å². The van der Waals surface area contributed by atoms with Crippen LogP contribution in [0.1, 0.15) is 50.4 Å². The number of carbonyl (C=O) groups excluding carboxylic acids is 1. The van der Waals surface area contributed by atoms with Crippen LogP contribution in [0.15, 0.2) is 24.3 Å². The fourth-order valence-corrected chi connectivity index (χ4v) is 4.15. The van der Waals surface area contributed by atoms with Crippen LogP contribution in [-0.2, 0) is 4.79 Å². The normalized spacial score (nSPS) is 21.3. The van der Waals surface area contributed by atoms with Gasteiger partial charge in [-0.05, 0) is 44.2 Å². The molecule has 31 heavy (non-hydrogen) atoms. The van der Waals surface area contributed by atoms with Crippen LogP contribution >= 0.6 is 0 Å². The summed E-state index contributed by atoms with van der Waals surface area (Å²) < 4.78 is 37.4.